The SMILES string of the molecule is c1ccc2cc3c(cc2c1)oc1ccc(-c2c4ccccc4c(-c4ccc5ccc6c(-c7cccc8cc9c(cc78)oc7ccc(-c8c%10ccccc%10c(-c%10cccc%11ccc%12ccccc%12c%10%11)c%10ccccc8%10)cc79)cccc6c5c4)c4ccccc24)cc13. The second-order valence-corrected chi connectivity index (χ2v) is 24.5. The molecule has 0 N–H and O–H groups in total. The summed E-state index contributed by atoms with van der Waals surface area (Å²) in [6.45, 7) is 0. The van der Waals surface area contributed by atoms with Gasteiger partial charge in [-0.15, -0.1) is 0 Å². The summed E-state index contributed by atoms with van der Waals surface area (Å²) in [7, 11) is 0. The lowest BCUT2D eigenvalue weighted by Crippen LogP contribution is -1.92. The van der Waals surface area contributed by atoms with E-state index < -0.39 is 0 Å². The summed E-state index contributed by atoms with van der Waals surface area (Å²) in [5.74, 6) is 0. The van der Waals surface area contributed by atoms with Crippen LogP contribution >= 0.6 is 0 Å². The minimum Gasteiger partial charge on any atom is -0.456 e. The number of fused-ring (bicyclic) bond motifs is 18. The molecule has 0 aliphatic carbocycles. The van der Waals surface area contributed by atoms with Crippen LogP contribution in [0.5, 0.6) is 0 Å². The van der Waals surface area contributed by atoms with Crippen LogP contribution in [0, 0.1) is 0 Å². The lowest BCUT2D eigenvalue weighted by atomic mass is 9.84. The molecule has 0 radical (unpaired) electrons. The molecule has 0 amide bonds. The number of rotatable bonds is 5. The molecule has 0 unspecified atom stereocenters. The van der Waals surface area contributed by atoms with Gasteiger partial charge < -0.3 is 8.83 Å². The topological polar surface area (TPSA) is 26.3 Å². The first-order chi connectivity index (χ1) is 44.6. The van der Waals surface area contributed by atoms with Crippen LogP contribution in [0.4, 0.5) is 0 Å². The molecule has 2 nitrogen and oxygen atoms in total. The van der Waals surface area contributed by atoms with Crippen LogP contribution in [0.15, 0.2) is 312 Å². The van der Waals surface area contributed by atoms with Gasteiger partial charge >= 0.3 is 0 Å². The van der Waals surface area contributed by atoms with Crippen LogP contribution in [-0.2, 0) is 0 Å². The predicted octanol–water partition coefficient (Wildman–Crippen LogP) is 25.4. The molecule has 0 bridgehead atoms. The summed E-state index contributed by atoms with van der Waals surface area (Å²) in [5, 5.41) is 28.9. The Hall–Kier alpha value is -11.8. The first kappa shape index (κ1) is 49.3. The summed E-state index contributed by atoms with van der Waals surface area (Å²) in [6, 6.07) is 112. The number of hydrogen-bond acceptors (Lipinski definition) is 2. The molecule has 18 aromatic carbocycles. The summed E-state index contributed by atoms with van der Waals surface area (Å²) in [5.41, 5.74) is 15.7. The fraction of sp³-hybridized carbons (Fsp3) is 0. The molecule has 0 spiro atoms. The fourth-order valence-corrected chi connectivity index (χ4v) is 15.8. The van der Waals surface area contributed by atoms with E-state index in [1.54, 1.807) is 0 Å². The Morgan fingerprint density at radius 2 is 0.522 bits per heavy atom. The summed E-state index contributed by atoms with van der Waals surface area (Å²) in [4.78, 5) is 0. The van der Waals surface area contributed by atoms with Crippen LogP contribution in [0.1, 0.15) is 0 Å². The van der Waals surface area contributed by atoms with Gasteiger partial charge in [-0.05, 0) is 218 Å². The van der Waals surface area contributed by atoms with Gasteiger partial charge in [0.25, 0.3) is 0 Å². The van der Waals surface area contributed by atoms with Crippen LogP contribution < -0.4 is 0 Å². The third-order valence-electron chi connectivity index (χ3n) is 19.7. The van der Waals surface area contributed by atoms with Crippen molar-refractivity contribution >= 4 is 152 Å². The largest absolute Gasteiger partial charge is 0.456 e. The Kier molecular flexibility index (Phi) is 10.3. The van der Waals surface area contributed by atoms with Gasteiger partial charge in [0.05, 0.1) is 0 Å². The summed E-state index contributed by atoms with van der Waals surface area (Å²) >= 11 is 0. The Bertz CT molecular complexity index is 6420. The van der Waals surface area contributed by atoms with Crippen molar-refractivity contribution < 1.29 is 8.83 Å². The Morgan fingerprint density at radius 3 is 1.11 bits per heavy atom. The van der Waals surface area contributed by atoms with Crippen molar-refractivity contribution in [2.24, 2.45) is 0 Å². The van der Waals surface area contributed by atoms with Crippen molar-refractivity contribution in [3.63, 3.8) is 0 Å². The maximum Gasteiger partial charge on any atom is 0.136 e. The van der Waals surface area contributed by atoms with Crippen molar-refractivity contribution in [3.05, 3.63) is 303 Å². The standard InChI is InChI=1S/C88H50O2/c1-2-18-55-49-82-78(44-54(55)17-1)76-47-58(39-42-80(76)89-82)86-67-24-7-5-22-65(67)85(66-23-6-8-25-68(66)86)57-37-35-52-38-41-64-61(31-15-32-63(64)74(52)46-57)62-30-14-20-56-45-79-77-48-59(40-43-81(77)90-83(79)50-75(56)62)87-69-26-9-11-28-71(69)88(72-29-12-10-27-70(72)87)73-33-13-19-53-36-34-51-16-3-4-21-60(51)84(53)73/h1-50H. The second kappa shape index (κ2) is 18.8. The van der Waals surface area contributed by atoms with E-state index in [0.29, 0.717) is 0 Å². The van der Waals surface area contributed by atoms with Crippen molar-refractivity contribution in [1.82, 2.24) is 0 Å². The molecule has 0 aliphatic rings. The molecular formula is C88H50O2. The smallest absolute Gasteiger partial charge is 0.136 e. The van der Waals surface area contributed by atoms with Gasteiger partial charge in [-0.25, -0.2) is 0 Å². The minimum absolute atomic E-state index is 0.875. The van der Waals surface area contributed by atoms with Gasteiger partial charge in [-0.3, -0.25) is 0 Å². The highest BCUT2D eigenvalue weighted by molar-refractivity contribution is 6.28. The van der Waals surface area contributed by atoms with Crippen molar-refractivity contribution in [3.8, 4) is 55.6 Å². The summed E-state index contributed by atoms with van der Waals surface area (Å²) in [6.07, 6.45) is 0. The summed E-state index contributed by atoms with van der Waals surface area (Å²) < 4.78 is 13.4. The fourth-order valence-electron chi connectivity index (χ4n) is 15.8. The van der Waals surface area contributed by atoms with Crippen LogP contribution in [0.25, 0.3) is 207 Å². The molecule has 2 heteroatoms. The third-order valence-corrected chi connectivity index (χ3v) is 19.7. The van der Waals surface area contributed by atoms with Crippen LogP contribution in [-0.4, -0.2) is 0 Å². The van der Waals surface area contributed by atoms with E-state index in [9.17, 15) is 0 Å². The van der Waals surface area contributed by atoms with Gasteiger partial charge in [0.1, 0.15) is 22.3 Å². The third kappa shape index (κ3) is 7.16. The maximum absolute atomic E-state index is 6.90. The van der Waals surface area contributed by atoms with Gasteiger partial charge in [0.2, 0.25) is 0 Å². The van der Waals surface area contributed by atoms with E-state index in [1.807, 2.05) is 0 Å². The van der Waals surface area contributed by atoms with Crippen molar-refractivity contribution in [2.45, 2.75) is 0 Å². The van der Waals surface area contributed by atoms with E-state index in [2.05, 4.69) is 303 Å². The first-order valence-electron chi connectivity index (χ1n) is 31.1. The molecule has 90 heavy (non-hydrogen) atoms. The lowest BCUT2D eigenvalue weighted by molar-refractivity contribution is 0.669. The zero-order valence-electron chi connectivity index (χ0n) is 48.7. The molecule has 20 rings (SSSR count). The Labute approximate surface area is 516 Å². The molecule has 0 aliphatic heterocycles. The highest BCUT2D eigenvalue weighted by atomic mass is 16.3. The van der Waals surface area contributed by atoms with Crippen LogP contribution in [0.3, 0.4) is 0 Å². The highest BCUT2D eigenvalue weighted by Crippen LogP contribution is 2.50. The van der Waals surface area contributed by atoms with E-state index in [-0.39, 0.29) is 0 Å². The Balaban J connectivity index is 0.714. The molecule has 0 saturated carbocycles. The first-order valence-corrected chi connectivity index (χ1v) is 31.1. The van der Waals surface area contributed by atoms with E-state index in [0.717, 1.165) is 54.8 Å². The normalized spacial score (nSPS) is 12.2. The van der Waals surface area contributed by atoms with Gasteiger partial charge in [-0.1, -0.05) is 249 Å². The molecule has 0 atom stereocenters. The van der Waals surface area contributed by atoms with E-state index >= 15 is 0 Å². The van der Waals surface area contributed by atoms with Gasteiger partial charge in [0, 0.05) is 21.5 Å². The second-order valence-electron chi connectivity index (χ2n) is 24.5. The number of benzene rings is 18. The molecule has 414 valence electrons. The highest BCUT2D eigenvalue weighted by Gasteiger charge is 2.23. The van der Waals surface area contributed by atoms with Crippen LogP contribution in [0.2, 0.25) is 0 Å². The molecule has 0 fully saturated rings. The molecule has 0 saturated heterocycles. The zero-order valence-corrected chi connectivity index (χ0v) is 48.7. The van der Waals surface area contributed by atoms with Gasteiger partial charge in [0.15, 0.2) is 0 Å². The average molecular weight is 1140 g/mol. The van der Waals surface area contributed by atoms with Crippen molar-refractivity contribution in [2.75, 3.05) is 0 Å². The Morgan fingerprint density at radius 1 is 0.156 bits per heavy atom. The lowest BCUT2D eigenvalue weighted by Gasteiger charge is -2.19. The van der Waals surface area contributed by atoms with Crippen molar-refractivity contribution in [1.29, 1.82) is 0 Å². The van der Waals surface area contributed by atoms with Gasteiger partial charge in [-0.2, -0.15) is 0 Å². The quantitative estimate of drug-likeness (QED) is 0.127. The van der Waals surface area contributed by atoms with E-state index in [1.165, 1.54) is 152 Å². The predicted molar refractivity (Wildman–Crippen MR) is 383 cm³/mol. The minimum atomic E-state index is 0.875. The number of furan rings is 2. The maximum atomic E-state index is 6.90. The molecular weight excluding hydrogens is 1090 g/mol. The average Bonchev–Trinajstić information content (AvgIpc) is 1.17. The zero-order chi connectivity index (χ0) is 58.7. The van der Waals surface area contributed by atoms with E-state index in [4.69, 9.17) is 8.83 Å². The molecule has 2 aromatic heterocycles. The molecule has 2 heterocycles. The number of hydrogen-bond donors (Lipinski definition) is 0. The molecule has 20 aromatic rings. The monoisotopic (exact) mass is 1140 g/mol.